The van der Waals surface area contributed by atoms with Crippen molar-refractivity contribution >= 4 is 35.4 Å². The molecule has 4 rings (SSSR count). The number of imide groups is 1. The van der Waals surface area contributed by atoms with E-state index >= 15 is 0 Å². The lowest BCUT2D eigenvalue weighted by Gasteiger charge is -2.23. The highest BCUT2D eigenvalue weighted by Gasteiger charge is 2.25. The fraction of sp³-hybridized carbons (Fsp3) is 0.500. The summed E-state index contributed by atoms with van der Waals surface area (Å²) in [5, 5.41) is 13.2. The predicted octanol–water partition coefficient (Wildman–Crippen LogP) is 0.203. The first kappa shape index (κ1) is 19.3. The maximum atomic E-state index is 11.9. The van der Waals surface area contributed by atoms with Gasteiger partial charge in [0, 0.05) is 44.0 Å². The maximum Gasteiger partial charge on any atom is 0.254 e. The number of nitrogens with one attached hydrogen (secondary N) is 3. The van der Waals surface area contributed by atoms with Gasteiger partial charge in [-0.2, -0.15) is 19.6 Å². The molecule has 3 N–H and O–H groups in total. The highest BCUT2D eigenvalue weighted by molar-refractivity contribution is 6.15. The lowest BCUT2D eigenvalue weighted by atomic mass is 10.1. The number of methoxy groups -OCH3 is 1. The number of fused-ring (bicyclic) bond motifs is 1. The van der Waals surface area contributed by atoms with Crippen LogP contribution in [0.1, 0.15) is 24.8 Å². The number of carbonyl (C=O) groups is 2. The number of anilines is 2. The number of hydrogen-bond donors (Lipinski definition) is 3. The molecule has 0 unspecified atom stereocenters. The molecule has 154 valence electrons. The standard InChI is InChI=1S/C18H23N7O4/c1-28-7-4-19-18-24-17(21-13-2-5-29-6-3-13)23-15-12(10-20-25(15)18)8-11-9-14(26)22-16(11)27/h8,10,13H,2-7,9H2,1H3,(H,22,26,27)(H2,19,21,23,24)/b11-8+. The molecule has 0 aromatic carbocycles. The summed E-state index contributed by atoms with van der Waals surface area (Å²) >= 11 is 0. The number of aromatic nitrogens is 4. The van der Waals surface area contributed by atoms with Gasteiger partial charge in [0.15, 0.2) is 5.65 Å². The van der Waals surface area contributed by atoms with Crippen LogP contribution in [0.15, 0.2) is 11.8 Å². The quantitative estimate of drug-likeness (QED) is 0.338. The van der Waals surface area contributed by atoms with E-state index in [0.717, 1.165) is 12.8 Å². The minimum atomic E-state index is -0.387. The molecule has 0 radical (unpaired) electrons. The average molecular weight is 401 g/mol. The number of hydrogen-bond acceptors (Lipinski definition) is 9. The fourth-order valence-corrected chi connectivity index (χ4v) is 3.27. The van der Waals surface area contributed by atoms with Gasteiger partial charge in [-0.1, -0.05) is 0 Å². The van der Waals surface area contributed by atoms with Gasteiger partial charge in [-0.05, 0) is 18.9 Å². The Kier molecular flexibility index (Phi) is 5.67. The average Bonchev–Trinajstić information content (AvgIpc) is 3.25. The summed E-state index contributed by atoms with van der Waals surface area (Å²) in [6.45, 7) is 2.46. The molecule has 2 aromatic rings. The van der Waals surface area contributed by atoms with Crippen LogP contribution < -0.4 is 16.0 Å². The van der Waals surface area contributed by atoms with Gasteiger partial charge in [0.1, 0.15) is 0 Å². The van der Waals surface area contributed by atoms with E-state index < -0.39 is 0 Å². The highest BCUT2D eigenvalue weighted by atomic mass is 16.5. The monoisotopic (exact) mass is 401 g/mol. The second kappa shape index (κ2) is 8.53. The van der Waals surface area contributed by atoms with Crippen LogP contribution in [-0.2, 0) is 19.1 Å². The minimum absolute atomic E-state index is 0.0490. The Morgan fingerprint density at radius 2 is 2.17 bits per heavy atom. The smallest absolute Gasteiger partial charge is 0.254 e. The number of ether oxygens (including phenoxy) is 2. The Morgan fingerprint density at radius 1 is 1.34 bits per heavy atom. The van der Waals surface area contributed by atoms with Crippen LogP contribution in [-0.4, -0.2) is 70.9 Å². The number of carbonyl (C=O) groups excluding carboxylic acids is 2. The molecular weight excluding hydrogens is 378 g/mol. The summed E-state index contributed by atoms with van der Waals surface area (Å²) in [5.41, 5.74) is 1.56. The molecule has 11 heteroatoms. The Balaban J connectivity index is 1.68. The van der Waals surface area contributed by atoms with Crippen molar-refractivity contribution in [2.45, 2.75) is 25.3 Å². The van der Waals surface area contributed by atoms with Crippen LogP contribution in [0.4, 0.5) is 11.9 Å². The van der Waals surface area contributed by atoms with E-state index in [9.17, 15) is 9.59 Å². The number of nitrogens with zero attached hydrogens (tertiary/aromatic N) is 4. The molecular formula is C18H23N7O4. The predicted molar refractivity (Wildman–Crippen MR) is 104 cm³/mol. The Labute approximate surface area is 166 Å². The second-order valence-corrected chi connectivity index (χ2v) is 6.88. The topological polar surface area (TPSA) is 132 Å². The number of amides is 2. The zero-order valence-corrected chi connectivity index (χ0v) is 16.1. The van der Waals surface area contributed by atoms with Crippen molar-refractivity contribution in [1.82, 2.24) is 24.9 Å². The molecule has 0 saturated carbocycles. The van der Waals surface area contributed by atoms with Crippen molar-refractivity contribution in [1.29, 1.82) is 0 Å². The Bertz CT molecular complexity index is 949. The van der Waals surface area contributed by atoms with E-state index in [-0.39, 0.29) is 24.3 Å². The van der Waals surface area contributed by atoms with Crippen LogP contribution in [0.5, 0.6) is 0 Å². The number of rotatable bonds is 7. The first-order valence-electron chi connectivity index (χ1n) is 9.51. The van der Waals surface area contributed by atoms with Gasteiger partial charge in [0.25, 0.3) is 5.91 Å². The normalized spacial score (nSPS) is 19.1. The largest absolute Gasteiger partial charge is 0.383 e. The molecule has 11 nitrogen and oxygen atoms in total. The lowest BCUT2D eigenvalue weighted by Crippen LogP contribution is -2.29. The van der Waals surface area contributed by atoms with Crippen LogP contribution in [0.3, 0.4) is 0 Å². The first-order valence-corrected chi connectivity index (χ1v) is 9.51. The van der Waals surface area contributed by atoms with E-state index in [1.54, 1.807) is 23.9 Å². The summed E-state index contributed by atoms with van der Waals surface area (Å²) in [5.74, 6) is 0.285. The van der Waals surface area contributed by atoms with Gasteiger partial charge in [0.2, 0.25) is 17.8 Å². The molecule has 0 aliphatic carbocycles. The minimum Gasteiger partial charge on any atom is -0.383 e. The van der Waals surface area contributed by atoms with Gasteiger partial charge in [-0.15, -0.1) is 0 Å². The van der Waals surface area contributed by atoms with Gasteiger partial charge in [-0.25, -0.2) is 0 Å². The Hall–Kier alpha value is -3.05. The van der Waals surface area contributed by atoms with Crippen molar-refractivity contribution < 1.29 is 19.1 Å². The van der Waals surface area contributed by atoms with Crippen LogP contribution in [0.25, 0.3) is 11.7 Å². The molecule has 2 aliphatic heterocycles. The zero-order valence-electron chi connectivity index (χ0n) is 16.1. The third-order valence-electron chi connectivity index (χ3n) is 4.76. The van der Waals surface area contributed by atoms with Gasteiger partial charge in [-0.3, -0.25) is 14.9 Å². The van der Waals surface area contributed by atoms with Gasteiger partial charge < -0.3 is 20.1 Å². The van der Waals surface area contributed by atoms with Gasteiger partial charge >= 0.3 is 0 Å². The third-order valence-corrected chi connectivity index (χ3v) is 4.76. The van der Waals surface area contributed by atoms with Crippen LogP contribution in [0.2, 0.25) is 0 Å². The SMILES string of the molecule is COCCNc1nc(NC2CCOCC2)nc2c(/C=C3\CC(=O)NC3=O)cnn12. The highest BCUT2D eigenvalue weighted by Crippen LogP contribution is 2.21. The molecule has 2 amide bonds. The summed E-state index contributed by atoms with van der Waals surface area (Å²) in [6.07, 6.45) is 5.05. The van der Waals surface area contributed by atoms with E-state index in [2.05, 4.69) is 31.0 Å². The van der Waals surface area contributed by atoms with Crippen molar-refractivity contribution in [2.75, 3.05) is 44.1 Å². The van der Waals surface area contributed by atoms with E-state index in [1.807, 2.05) is 0 Å². The zero-order chi connectivity index (χ0) is 20.2. The molecule has 2 saturated heterocycles. The Morgan fingerprint density at radius 3 is 2.90 bits per heavy atom. The van der Waals surface area contributed by atoms with Gasteiger partial charge in [0.05, 0.1) is 19.2 Å². The van der Waals surface area contributed by atoms with E-state index in [0.29, 0.717) is 55.0 Å². The van der Waals surface area contributed by atoms with Crippen molar-refractivity contribution in [3.8, 4) is 0 Å². The van der Waals surface area contributed by atoms with E-state index in [1.165, 1.54) is 0 Å². The van der Waals surface area contributed by atoms with Crippen molar-refractivity contribution in [3.05, 3.63) is 17.3 Å². The summed E-state index contributed by atoms with van der Waals surface area (Å²) in [7, 11) is 1.63. The van der Waals surface area contributed by atoms with Crippen molar-refractivity contribution in [3.63, 3.8) is 0 Å². The maximum absolute atomic E-state index is 11.9. The molecule has 0 spiro atoms. The summed E-state index contributed by atoms with van der Waals surface area (Å²) < 4.78 is 12.1. The van der Waals surface area contributed by atoms with Crippen LogP contribution >= 0.6 is 0 Å². The van der Waals surface area contributed by atoms with Crippen molar-refractivity contribution in [2.24, 2.45) is 0 Å². The molecule has 4 heterocycles. The molecule has 2 aliphatic rings. The molecule has 0 atom stereocenters. The first-order chi connectivity index (χ1) is 14.1. The summed E-state index contributed by atoms with van der Waals surface area (Å²) in [6, 6.07) is 0.223. The van der Waals surface area contributed by atoms with Crippen LogP contribution in [0, 0.1) is 0 Å². The molecule has 2 fully saturated rings. The molecule has 29 heavy (non-hydrogen) atoms. The summed E-state index contributed by atoms with van der Waals surface area (Å²) in [4.78, 5) is 32.5. The third kappa shape index (κ3) is 4.35. The molecule has 0 bridgehead atoms. The second-order valence-electron chi connectivity index (χ2n) is 6.88. The lowest BCUT2D eigenvalue weighted by molar-refractivity contribution is -0.124. The van der Waals surface area contributed by atoms with E-state index in [4.69, 9.17) is 9.47 Å². The fourth-order valence-electron chi connectivity index (χ4n) is 3.27. The molecule has 2 aromatic heterocycles.